The molecule has 0 spiro atoms. The molecule has 3 N–H and O–H groups in total. The van der Waals surface area contributed by atoms with E-state index in [-0.39, 0.29) is 11.4 Å². The van der Waals surface area contributed by atoms with Crippen LogP contribution in [-0.4, -0.2) is 31.0 Å². The van der Waals surface area contributed by atoms with Crippen LogP contribution < -0.4 is 5.32 Å². The van der Waals surface area contributed by atoms with Crippen LogP contribution in [0.15, 0.2) is 37.1 Å². The zero-order valence-corrected chi connectivity index (χ0v) is 9.66. The van der Waals surface area contributed by atoms with Crippen LogP contribution in [0.2, 0.25) is 0 Å². The number of aromatic nitrogens is 4. The van der Waals surface area contributed by atoms with Crippen molar-refractivity contribution in [3.05, 3.63) is 42.6 Å². The minimum Gasteiger partial charge on any atom is -0.477 e. The number of carbonyl (C=O) groups is 1. The second-order valence-corrected chi connectivity index (χ2v) is 3.85. The third-order valence-corrected chi connectivity index (χ3v) is 2.63. The van der Waals surface area contributed by atoms with Crippen LogP contribution in [0.1, 0.15) is 10.4 Å². The van der Waals surface area contributed by atoms with E-state index in [2.05, 4.69) is 25.3 Å². The average Bonchev–Trinajstić information content (AvgIpc) is 2.86. The molecule has 2 heterocycles. The van der Waals surface area contributed by atoms with Crippen LogP contribution in [0.4, 0.5) is 11.5 Å². The number of imidazole rings is 1. The largest absolute Gasteiger partial charge is 0.477 e. The van der Waals surface area contributed by atoms with E-state index >= 15 is 0 Å². The van der Waals surface area contributed by atoms with Crippen molar-refractivity contribution in [1.29, 1.82) is 0 Å². The van der Waals surface area contributed by atoms with Gasteiger partial charge in [0.15, 0.2) is 0 Å². The minimum atomic E-state index is -1.08. The molecule has 0 atom stereocenters. The van der Waals surface area contributed by atoms with E-state index in [9.17, 15) is 4.79 Å². The molecular weight excluding hydrogens is 246 g/mol. The highest BCUT2D eigenvalue weighted by Crippen LogP contribution is 2.20. The van der Waals surface area contributed by atoms with E-state index in [0.717, 1.165) is 16.7 Å². The number of nitrogens with zero attached hydrogens (tertiary/aromatic N) is 3. The number of rotatable bonds is 3. The summed E-state index contributed by atoms with van der Waals surface area (Å²) in [5.74, 6) is -0.827. The predicted molar refractivity (Wildman–Crippen MR) is 68.4 cm³/mol. The third-order valence-electron chi connectivity index (χ3n) is 2.63. The van der Waals surface area contributed by atoms with E-state index in [1.807, 2.05) is 12.1 Å². The maximum atomic E-state index is 11.0. The normalized spacial score (nSPS) is 10.5. The van der Waals surface area contributed by atoms with Crippen LogP contribution in [0.3, 0.4) is 0 Å². The Morgan fingerprint density at radius 3 is 3.05 bits per heavy atom. The number of fused-ring (bicyclic) bond motifs is 1. The maximum Gasteiger partial charge on any atom is 0.341 e. The zero-order valence-electron chi connectivity index (χ0n) is 9.66. The van der Waals surface area contributed by atoms with Crippen molar-refractivity contribution in [1.82, 2.24) is 19.9 Å². The molecule has 3 rings (SSSR count). The van der Waals surface area contributed by atoms with Crippen molar-refractivity contribution in [3.63, 3.8) is 0 Å². The van der Waals surface area contributed by atoms with Crippen LogP contribution in [0, 0.1) is 0 Å². The summed E-state index contributed by atoms with van der Waals surface area (Å²) in [6, 6.07) is 5.46. The van der Waals surface area contributed by atoms with Gasteiger partial charge in [-0.3, -0.25) is 0 Å². The van der Waals surface area contributed by atoms with Gasteiger partial charge in [0, 0.05) is 11.9 Å². The molecule has 0 aliphatic heterocycles. The van der Waals surface area contributed by atoms with Gasteiger partial charge in [-0.15, -0.1) is 0 Å². The number of carboxylic acids is 1. The van der Waals surface area contributed by atoms with Gasteiger partial charge in [-0.1, -0.05) is 0 Å². The molecule has 7 nitrogen and oxygen atoms in total. The summed E-state index contributed by atoms with van der Waals surface area (Å²) < 4.78 is 0. The van der Waals surface area contributed by atoms with Gasteiger partial charge < -0.3 is 15.4 Å². The summed E-state index contributed by atoms with van der Waals surface area (Å²) in [5, 5.41) is 12.0. The van der Waals surface area contributed by atoms with Gasteiger partial charge in [-0.25, -0.2) is 19.7 Å². The Bertz CT molecular complexity index is 752. The fraction of sp³-hybridized carbons (Fsp3) is 0. The molecule has 0 saturated heterocycles. The Labute approximate surface area is 107 Å². The number of hydrogen-bond donors (Lipinski definition) is 3. The number of benzene rings is 1. The molecule has 0 aliphatic rings. The van der Waals surface area contributed by atoms with Gasteiger partial charge in [0.25, 0.3) is 0 Å². The minimum absolute atomic E-state index is 0.0206. The number of anilines is 2. The molecule has 19 heavy (non-hydrogen) atoms. The van der Waals surface area contributed by atoms with Gasteiger partial charge >= 0.3 is 5.97 Å². The fourth-order valence-electron chi connectivity index (χ4n) is 1.74. The number of nitrogens with one attached hydrogen (secondary N) is 2. The SMILES string of the molecule is O=C(O)c1cncnc1Nc1ccc2nc[nH]c2c1. The highest BCUT2D eigenvalue weighted by Gasteiger charge is 2.11. The first-order valence-corrected chi connectivity index (χ1v) is 5.47. The lowest BCUT2D eigenvalue weighted by Gasteiger charge is -2.07. The molecular formula is C12H9N5O2. The Hall–Kier alpha value is -2.96. The highest BCUT2D eigenvalue weighted by molar-refractivity contribution is 5.93. The molecule has 0 radical (unpaired) electrons. The number of hydrogen-bond acceptors (Lipinski definition) is 5. The average molecular weight is 255 g/mol. The first kappa shape index (κ1) is 11.1. The highest BCUT2D eigenvalue weighted by atomic mass is 16.4. The Morgan fingerprint density at radius 2 is 2.21 bits per heavy atom. The third kappa shape index (κ3) is 2.08. The van der Waals surface area contributed by atoms with E-state index in [1.54, 1.807) is 12.4 Å². The molecule has 1 aromatic carbocycles. The second kappa shape index (κ2) is 4.37. The fourth-order valence-corrected chi connectivity index (χ4v) is 1.74. The van der Waals surface area contributed by atoms with Crippen molar-refractivity contribution in [2.75, 3.05) is 5.32 Å². The van der Waals surface area contributed by atoms with Crippen molar-refractivity contribution >= 4 is 28.5 Å². The lowest BCUT2D eigenvalue weighted by molar-refractivity contribution is 0.0697. The first-order valence-electron chi connectivity index (χ1n) is 5.47. The van der Waals surface area contributed by atoms with Crippen LogP contribution in [-0.2, 0) is 0 Å². The summed E-state index contributed by atoms with van der Waals surface area (Å²) >= 11 is 0. The summed E-state index contributed by atoms with van der Waals surface area (Å²) in [6.07, 6.45) is 4.15. The van der Waals surface area contributed by atoms with Crippen molar-refractivity contribution < 1.29 is 9.90 Å². The summed E-state index contributed by atoms with van der Waals surface area (Å²) in [7, 11) is 0. The molecule has 0 amide bonds. The Balaban J connectivity index is 1.98. The number of H-pyrrole nitrogens is 1. The van der Waals surface area contributed by atoms with Gasteiger partial charge in [0.1, 0.15) is 17.7 Å². The smallest absolute Gasteiger partial charge is 0.341 e. The van der Waals surface area contributed by atoms with Crippen LogP contribution in [0.5, 0.6) is 0 Å². The number of carboxylic acid groups (broad SMARTS) is 1. The van der Waals surface area contributed by atoms with Crippen LogP contribution in [0.25, 0.3) is 11.0 Å². The molecule has 2 aromatic heterocycles. The van der Waals surface area contributed by atoms with Gasteiger partial charge in [0.05, 0.1) is 17.4 Å². The monoisotopic (exact) mass is 255 g/mol. The second-order valence-electron chi connectivity index (χ2n) is 3.85. The lowest BCUT2D eigenvalue weighted by atomic mass is 10.2. The number of aromatic carboxylic acids is 1. The molecule has 0 fully saturated rings. The van der Waals surface area contributed by atoms with Gasteiger partial charge in [-0.2, -0.15) is 0 Å². The molecule has 0 saturated carbocycles. The Kier molecular flexibility index (Phi) is 2.57. The predicted octanol–water partition coefficient (Wildman–Crippen LogP) is 1.79. The van der Waals surface area contributed by atoms with Crippen molar-refractivity contribution in [3.8, 4) is 0 Å². The first-order chi connectivity index (χ1) is 9.24. The quantitative estimate of drug-likeness (QED) is 0.659. The molecule has 94 valence electrons. The van der Waals surface area contributed by atoms with E-state index in [1.165, 1.54) is 12.5 Å². The number of aromatic amines is 1. The van der Waals surface area contributed by atoms with Crippen LogP contribution >= 0.6 is 0 Å². The zero-order chi connectivity index (χ0) is 13.2. The summed E-state index contributed by atoms with van der Waals surface area (Å²) in [5.41, 5.74) is 2.44. The van der Waals surface area contributed by atoms with Crippen molar-refractivity contribution in [2.45, 2.75) is 0 Å². The van der Waals surface area contributed by atoms with E-state index in [4.69, 9.17) is 5.11 Å². The topological polar surface area (TPSA) is 104 Å². The molecule has 0 aliphatic carbocycles. The standard InChI is InChI=1S/C12H9N5O2/c18-12(19)8-4-13-5-16-11(8)17-7-1-2-9-10(3-7)15-6-14-9/h1-6H,(H,14,15)(H,18,19)(H,13,16,17). The summed E-state index contributed by atoms with van der Waals surface area (Å²) in [4.78, 5) is 25.8. The van der Waals surface area contributed by atoms with Gasteiger partial charge in [0.2, 0.25) is 0 Å². The molecule has 7 heteroatoms. The molecule has 3 aromatic rings. The maximum absolute atomic E-state index is 11.0. The van der Waals surface area contributed by atoms with E-state index in [0.29, 0.717) is 0 Å². The lowest BCUT2D eigenvalue weighted by Crippen LogP contribution is -2.05. The van der Waals surface area contributed by atoms with Crippen molar-refractivity contribution in [2.24, 2.45) is 0 Å². The van der Waals surface area contributed by atoms with E-state index < -0.39 is 5.97 Å². The Morgan fingerprint density at radius 1 is 1.32 bits per heavy atom. The summed E-state index contributed by atoms with van der Waals surface area (Å²) in [6.45, 7) is 0. The van der Waals surface area contributed by atoms with Gasteiger partial charge in [-0.05, 0) is 18.2 Å². The molecule has 0 bridgehead atoms. The molecule has 0 unspecified atom stereocenters.